The quantitative estimate of drug-likeness (QED) is 0.559. The van der Waals surface area contributed by atoms with Gasteiger partial charge >= 0.3 is 5.91 Å². The van der Waals surface area contributed by atoms with Gasteiger partial charge in [0.05, 0.1) is 0 Å². The summed E-state index contributed by atoms with van der Waals surface area (Å²) in [6.07, 6.45) is 4.60. The van der Waals surface area contributed by atoms with Crippen LogP contribution in [0.1, 0.15) is 36.2 Å². The molecule has 0 atom stereocenters. The van der Waals surface area contributed by atoms with Crippen LogP contribution in [-0.2, 0) is 0 Å². The fourth-order valence-electron chi connectivity index (χ4n) is 2.86. The average molecular weight is 359 g/mol. The van der Waals surface area contributed by atoms with Gasteiger partial charge in [0.25, 0.3) is 0 Å². The third kappa shape index (κ3) is 3.87. The second-order valence-electron chi connectivity index (χ2n) is 5.88. The Morgan fingerprint density at radius 2 is 1.88 bits per heavy atom. The molecule has 0 aliphatic carbocycles. The monoisotopic (exact) mass is 359 g/mol. The Morgan fingerprint density at radius 1 is 1.16 bits per heavy atom. The number of carbonyl (C=O) groups excluding carboxylic acids is 1. The summed E-state index contributed by atoms with van der Waals surface area (Å²) in [4.78, 5) is 26.9. The smallest absolute Gasteiger partial charge is 0.302 e. The van der Waals surface area contributed by atoms with E-state index in [0.29, 0.717) is 11.5 Å². The van der Waals surface area contributed by atoms with E-state index in [0.717, 1.165) is 31.5 Å². The van der Waals surface area contributed by atoms with E-state index >= 15 is 0 Å². The van der Waals surface area contributed by atoms with Crippen LogP contribution in [0.2, 0.25) is 0 Å². The van der Waals surface area contributed by atoms with E-state index in [1.54, 1.807) is 11.3 Å². The Bertz CT molecular complexity index is 776. The SMILES string of the molecule is NC(N)=NC(=O)c1nc(-c2ccsc2)c(N2CCCCCC2)nc1N. The number of aliphatic imine (C=N–C) groups is 1. The van der Waals surface area contributed by atoms with E-state index in [4.69, 9.17) is 17.2 Å². The van der Waals surface area contributed by atoms with E-state index in [9.17, 15) is 4.79 Å². The molecule has 1 amide bonds. The first kappa shape index (κ1) is 17.2. The van der Waals surface area contributed by atoms with Crippen LogP contribution in [0.25, 0.3) is 11.3 Å². The van der Waals surface area contributed by atoms with E-state index in [1.807, 2.05) is 16.8 Å². The van der Waals surface area contributed by atoms with Gasteiger partial charge in [-0.2, -0.15) is 16.3 Å². The minimum absolute atomic E-state index is 0.0341. The lowest BCUT2D eigenvalue weighted by atomic mass is 10.2. The lowest BCUT2D eigenvalue weighted by Crippen LogP contribution is -2.27. The van der Waals surface area contributed by atoms with Crippen molar-refractivity contribution in [3.05, 3.63) is 22.5 Å². The van der Waals surface area contributed by atoms with Gasteiger partial charge in [0, 0.05) is 24.0 Å². The van der Waals surface area contributed by atoms with Crippen molar-refractivity contribution in [1.29, 1.82) is 0 Å². The minimum Gasteiger partial charge on any atom is -0.382 e. The standard InChI is InChI=1S/C16H21N7OS/c17-13-12(15(24)22-16(18)19)20-11(10-5-8-25-9-10)14(21-13)23-6-3-1-2-4-7-23/h5,8-9H,1-4,6-7H2,(H2,17,21)(H4,18,19,22,24). The van der Waals surface area contributed by atoms with Crippen LogP contribution in [0.4, 0.5) is 11.6 Å². The van der Waals surface area contributed by atoms with Gasteiger partial charge in [0.15, 0.2) is 23.3 Å². The zero-order valence-electron chi connectivity index (χ0n) is 13.8. The first-order valence-corrected chi connectivity index (χ1v) is 9.09. The van der Waals surface area contributed by atoms with Gasteiger partial charge in [0.2, 0.25) is 0 Å². The van der Waals surface area contributed by atoms with Gasteiger partial charge < -0.3 is 22.1 Å². The van der Waals surface area contributed by atoms with E-state index in [2.05, 4.69) is 19.9 Å². The van der Waals surface area contributed by atoms with E-state index in [-0.39, 0.29) is 17.5 Å². The van der Waals surface area contributed by atoms with Crippen LogP contribution in [0, 0.1) is 0 Å². The summed E-state index contributed by atoms with van der Waals surface area (Å²) in [6.45, 7) is 1.79. The Kier molecular flexibility index (Phi) is 5.13. The summed E-state index contributed by atoms with van der Waals surface area (Å²) in [7, 11) is 0. The maximum absolute atomic E-state index is 12.2. The summed E-state index contributed by atoms with van der Waals surface area (Å²) in [5.74, 6) is -0.281. The number of anilines is 2. The van der Waals surface area contributed by atoms with Gasteiger partial charge in [-0.15, -0.1) is 0 Å². The third-order valence-corrected chi connectivity index (χ3v) is 4.72. The van der Waals surface area contributed by atoms with Crippen molar-refractivity contribution in [2.24, 2.45) is 16.5 Å². The molecule has 0 unspecified atom stereocenters. The molecule has 1 saturated heterocycles. The molecular weight excluding hydrogens is 338 g/mol. The number of nitrogens with two attached hydrogens (primary N) is 3. The van der Waals surface area contributed by atoms with Crippen LogP contribution in [0.15, 0.2) is 21.8 Å². The highest BCUT2D eigenvalue weighted by Crippen LogP contribution is 2.32. The molecule has 1 aliphatic heterocycles. The molecule has 2 aromatic rings. The number of thiophene rings is 1. The predicted octanol–water partition coefficient (Wildman–Crippen LogP) is 1.58. The first-order valence-electron chi connectivity index (χ1n) is 8.15. The molecule has 0 radical (unpaired) electrons. The van der Waals surface area contributed by atoms with Crippen LogP contribution in [0.3, 0.4) is 0 Å². The number of rotatable bonds is 3. The summed E-state index contributed by atoms with van der Waals surface area (Å²) < 4.78 is 0. The molecule has 3 rings (SSSR count). The molecule has 1 fully saturated rings. The van der Waals surface area contributed by atoms with Gasteiger partial charge in [-0.3, -0.25) is 4.79 Å². The molecule has 0 saturated carbocycles. The van der Waals surface area contributed by atoms with Crippen molar-refractivity contribution in [2.75, 3.05) is 23.7 Å². The highest BCUT2D eigenvalue weighted by molar-refractivity contribution is 7.08. The Labute approximate surface area is 149 Å². The van der Waals surface area contributed by atoms with Gasteiger partial charge in [-0.1, -0.05) is 12.8 Å². The second-order valence-corrected chi connectivity index (χ2v) is 6.66. The maximum atomic E-state index is 12.2. The Balaban J connectivity index is 2.09. The number of hydrogen-bond acceptors (Lipinski definition) is 6. The van der Waals surface area contributed by atoms with E-state index < -0.39 is 5.91 Å². The molecule has 0 aromatic carbocycles. The maximum Gasteiger partial charge on any atom is 0.302 e. The molecule has 6 N–H and O–H groups in total. The molecule has 2 aromatic heterocycles. The summed E-state index contributed by atoms with van der Waals surface area (Å²) in [6, 6.07) is 1.95. The zero-order chi connectivity index (χ0) is 17.8. The second kappa shape index (κ2) is 7.47. The molecule has 0 spiro atoms. The van der Waals surface area contributed by atoms with Crippen LogP contribution in [0.5, 0.6) is 0 Å². The topological polar surface area (TPSA) is 137 Å². The lowest BCUT2D eigenvalue weighted by Gasteiger charge is -2.24. The summed E-state index contributed by atoms with van der Waals surface area (Å²) in [5, 5.41) is 3.92. The average Bonchev–Trinajstić information content (AvgIpc) is 2.96. The van der Waals surface area contributed by atoms with E-state index in [1.165, 1.54) is 12.8 Å². The minimum atomic E-state index is -0.691. The highest BCUT2D eigenvalue weighted by atomic mass is 32.1. The molecule has 8 nitrogen and oxygen atoms in total. The van der Waals surface area contributed by atoms with Crippen molar-refractivity contribution >= 4 is 34.8 Å². The van der Waals surface area contributed by atoms with Crippen LogP contribution >= 0.6 is 11.3 Å². The van der Waals surface area contributed by atoms with Crippen molar-refractivity contribution in [2.45, 2.75) is 25.7 Å². The third-order valence-electron chi connectivity index (χ3n) is 4.04. The van der Waals surface area contributed by atoms with Crippen molar-refractivity contribution in [3.63, 3.8) is 0 Å². The largest absolute Gasteiger partial charge is 0.382 e. The molecule has 132 valence electrons. The summed E-state index contributed by atoms with van der Waals surface area (Å²) >= 11 is 1.55. The lowest BCUT2D eigenvalue weighted by molar-refractivity contribution is 0.0998. The van der Waals surface area contributed by atoms with Crippen molar-refractivity contribution < 1.29 is 4.79 Å². The number of nitrogen functional groups attached to an aromatic ring is 1. The fraction of sp³-hybridized carbons (Fsp3) is 0.375. The van der Waals surface area contributed by atoms with Gasteiger partial charge in [-0.25, -0.2) is 9.97 Å². The molecule has 1 aliphatic rings. The number of guanidine groups is 1. The van der Waals surface area contributed by atoms with Crippen LogP contribution < -0.4 is 22.1 Å². The number of aromatic nitrogens is 2. The normalized spacial score (nSPS) is 14.8. The molecule has 25 heavy (non-hydrogen) atoms. The zero-order valence-corrected chi connectivity index (χ0v) is 14.6. The van der Waals surface area contributed by atoms with Crippen LogP contribution in [-0.4, -0.2) is 34.9 Å². The van der Waals surface area contributed by atoms with Crippen molar-refractivity contribution in [3.8, 4) is 11.3 Å². The molecule has 3 heterocycles. The number of hydrogen-bond donors (Lipinski definition) is 3. The number of amides is 1. The van der Waals surface area contributed by atoms with Gasteiger partial charge in [-0.05, 0) is 24.3 Å². The number of nitrogens with zero attached hydrogens (tertiary/aromatic N) is 4. The first-order chi connectivity index (χ1) is 12.1. The Hall–Kier alpha value is -2.68. The predicted molar refractivity (Wildman–Crippen MR) is 101 cm³/mol. The van der Waals surface area contributed by atoms with Gasteiger partial charge in [0.1, 0.15) is 5.69 Å². The molecule has 0 bridgehead atoms. The fourth-order valence-corrected chi connectivity index (χ4v) is 3.50. The molecular formula is C16H21N7OS. The summed E-state index contributed by atoms with van der Waals surface area (Å²) in [5.41, 5.74) is 18.1. The highest BCUT2D eigenvalue weighted by Gasteiger charge is 2.23. The Morgan fingerprint density at radius 3 is 2.48 bits per heavy atom. The molecule has 9 heteroatoms. The number of carbonyl (C=O) groups is 1. The van der Waals surface area contributed by atoms with Crippen molar-refractivity contribution in [1.82, 2.24) is 9.97 Å².